The van der Waals surface area contributed by atoms with E-state index < -0.39 is 0 Å². The average Bonchev–Trinajstić information content (AvgIpc) is 3.48. The molecule has 0 saturated carbocycles. The molecule has 0 bridgehead atoms. The molecule has 1 amide bonds. The van der Waals surface area contributed by atoms with Gasteiger partial charge >= 0.3 is 5.97 Å². The Morgan fingerprint density at radius 3 is 2.33 bits per heavy atom. The van der Waals surface area contributed by atoms with Gasteiger partial charge in [0, 0.05) is 40.6 Å². The highest BCUT2D eigenvalue weighted by Crippen LogP contribution is 2.44. The molecule has 2 N–H and O–H groups in total. The van der Waals surface area contributed by atoms with E-state index in [0.29, 0.717) is 10.7 Å². The molecule has 0 spiro atoms. The van der Waals surface area contributed by atoms with Crippen LogP contribution in [-0.4, -0.2) is 33.6 Å². The van der Waals surface area contributed by atoms with Crippen molar-refractivity contribution in [3.05, 3.63) is 107 Å². The predicted octanol–water partition coefficient (Wildman–Crippen LogP) is 6.36. The highest BCUT2D eigenvalue weighted by molar-refractivity contribution is 7.80. The lowest BCUT2D eigenvalue weighted by molar-refractivity contribution is -0.118. The van der Waals surface area contributed by atoms with Crippen molar-refractivity contribution in [3.63, 3.8) is 0 Å². The molecule has 2 aromatic heterocycles. The number of esters is 1. The molecule has 1 aliphatic rings. The molecule has 2 aromatic carbocycles. The molecule has 216 valence electrons. The van der Waals surface area contributed by atoms with Crippen molar-refractivity contribution in [2.75, 3.05) is 17.3 Å². The number of hydrogen-bond acceptors (Lipinski definition) is 5. The van der Waals surface area contributed by atoms with Gasteiger partial charge in [0.15, 0.2) is 5.11 Å². The minimum atomic E-state index is -0.368. The first-order valence-electron chi connectivity index (χ1n) is 13.9. The van der Waals surface area contributed by atoms with Crippen LogP contribution in [0.5, 0.6) is 0 Å². The van der Waals surface area contributed by atoms with Crippen molar-refractivity contribution in [3.8, 4) is 5.69 Å². The third kappa shape index (κ3) is 5.39. The van der Waals surface area contributed by atoms with E-state index in [4.69, 9.17) is 17.0 Å². The summed E-state index contributed by atoms with van der Waals surface area (Å²) in [7, 11) is 1.38. The Bertz CT molecular complexity index is 1650. The van der Waals surface area contributed by atoms with E-state index in [1.165, 1.54) is 7.11 Å². The fourth-order valence-electron chi connectivity index (χ4n) is 5.51. The first-order chi connectivity index (χ1) is 20.1. The van der Waals surface area contributed by atoms with E-state index >= 15 is 0 Å². The first-order valence-corrected chi connectivity index (χ1v) is 14.3. The number of anilines is 2. The van der Waals surface area contributed by atoms with Crippen LogP contribution in [0.1, 0.15) is 64.5 Å². The predicted molar refractivity (Wildman–Crippen MR) is 169 cm³/mol. The minimum absolute atomic E-state index is 0.0237. The van der Waals surface area contributed by atoms with Crippen LogP contribution in [0.4, 0.5) is 11.4 Å². The van der Waals surface area contributed by atoms with Crippen LogP contribution in [0.15, 0.2) is 72.9 Å². The van der Waals surface area contributed by atoms with Gasteiger partial charge < -0.3 is 24.8 Å². The lowest BCUT2D eigenvalue weighted by Gasteiger charge is -2.29. The van der Waals surface area contributed by atoms with Crippen LogP contribution < -0.4 is 15.5 Å². The summed E-state index contributed by atoms with van der Waals surface area (Å²) in [6.07, 6.45) is 1.79. The number of nitrogens with zero attached hydrogens (tertiary/aromatic N) is 3. The zero-order valence-electron chi connectivity index (χ0n) is 24.6. The van der Waals surface area contributed by atoms with Gasteiger partial charge in [-0.3, -0.25) is 9.78 Å². The zero-order chi connectivity index (χ0) is 30.1. The van der Waals surface area contributed by atoms with Crippen molar-refractivity contribution < 1.29 is 14.3 Å². The smallest absolute Gasteiger partial charge is 0.337 e. The van der Waals surface area contributed by atoms with Gasteiger partial charge in [-0.15, -0.1) is 0 Å². The molecule has 4 aromatic rings. The Balaban J connectivity index is 1.59. The number of thiocarbonyl (C=S) groups is 1. The second-order valence-corrected chi connectivity index (χ2v) is 11.2. The molecule has 9 heteroatoms. The van der Waals surface area contributed by atoms with Gasteiger partial charge in [-0.1, -0.05) is 19.9 Å². The number of aryl methyl sites for hydroxylation is 2. The third-order valence-corrected chi connectivity index (χ3v) is 8.02. The molecular weight excluding hydrogens is 546 g/mol. The van der Waals surface area contributed by atoms with Crippen molar-refractivity contribution >= 4 is 40.6 Å². The Kier molecular flexibility index (Phi) is 8.13. The fourth-order valence-corrected chi connectivity index (χ4v) is 5.86. The number of amides is 1. The molecule has 1 fully saturated rings. The van der Waals surface area contributed by atoms with Crippen molar-refractivity contribution in [2.24, 2.45) is 5.92 Å². The molecule has 3 heterocycles. The number of nitrogens with one attached hydrogen (secondary N) is 2. The second-order valence-electron chi connectivity index (χ2n) is 10.8. The molecule has 1 saturated heterocycles. The Hall–Kier alpha value is -4.50. The molecule has 0 radical (unpaired) electrons. The lowest BCUT2D eigenvalue weighted by atomic mass is 9.96. The summed E-state index contributed by atoms with van der Waals surface area (Å²) in [6.45, 7) is 9.91. The number of hydrogen-bond donors (Lipinski definition) is 2. The van der Waals surface area contributed by atoms with E-state index in [1.807, 2.05) is 63.2 Å². The Morgan fingerprint density at radius 1 is 1.00 bits per heavy atom. The molecule has 8 nitrogen and oxygen atoms in total. The standard InChI is InChI=1S/C33H35N5O3S/c1-19(2)31(39)35-27-15-14-25(17-20(27)3)38-30(29(36-33(38)42)28-9-7-8-16-34-28)26-18-21(4)37(22(26)5)24-12-10-23(11-13-24)32(40)41-6/h7-19,29-30H,1-6H3,(H,35,39)(H,36,42)/t29-,30+/m1/s1. The maximum Gasteiger partial charge on any atom is 0.337 e. The normalized spacial score (nSPS) is 16.5. The van der Waals surface area contributed by atoms with Crippen LogP contribution in [0.25, 0.3) is 5.69 Å². The highest BCUT2D eigenvalue weighted by atomic mass is 32.1. The molecule has 0 aliphatic carbocycles. The van der Waals surface area contributed by atoms with Crippen LogP contribution in [0, 0.1) is 26.7 Å². The van der Waals surface area contributed by atoms with E-state index in [9.17, 15) is 9.59 Å². The molecule has 2 atom stereocenters. The summed E-state index contributed by atoms with van der Waals surface area (Å²) in [4.78, 5) is 31.2. The summed E-state index contributed by atoms with van der Waals surface area (Å²) in [5.74, 6) is -0.508. The summed E-state index contributed by atoms with van der Waals surface area (Å²) in [5.41, 5.74) is 8.18. The van der Waals surface area contributed by atoms with E-state index in [2.05, 4.69) is 51.1 Å². The van der Waals surface area contributed by atoms with Crippen molar-refractivity contribution in [1.29, 1.82) is 0 Å². The van der Waals surface area contributed by atoms with E-state index in [1.54, 1.807) is 18.3 Å². The topological polar surface area (TPSA) is 88.5 Å². The van der Waals surface area contributed by atoms with Crippen LogP contribution in [0.3, 0.4) is 0 Å². The van der Waals surface area contributed by atoms with Gasteiger partial charge in [0.2, 0.25) is 5.91 Å². The highest BCUT2D eigenvalue weighted by Gasteiger charge is 2.42. The number of aromatic nitrogens is 2. The fraction of sp³-hybridized carbons (Fsp3) is 0.273. The number of pyridine rings is 1. The molecular formula is C33H35N5O3S. The summed E-state index contributed by atoms with van der Waals surface area (Å²) in [5, 5.41) is 7.15. The number of methoxy groups -OCH3 is 1. The number of benzene rings is 2. The number of rotatable bonds is 7. The number of carbonyl (C=O) groups excluding carboxylic acids is 2. The molecule has 42 heavy (non-hydrogen) atoms. The van der Waals surface area contributed by atoms with Gasteiger partial charge in [-0.2, -0.15) is 0 Å². The maximum atomic E-state index is 12.4. The van der Waals surface area contributed by atoms with E-state index in [-0.39, 0.29) is 29.9 Å². The number of ether oxygens (including phenoxy) is 1. The van der Waals surface area contributed by atoms with Crippen molar-refractivity contribution in [2.45, 2.75) is 46.7 Å². The Morgan fingerprint density at radius 2 is 1.71 bits per heavy atom. The van der Waals surface area contributed by atoms with Gasteiger partial charge in [0.05, 0.1) is 30.5 Å². The molecule has 5 rings (SSSR count). The summed E-state index contributed by atoms with van der Waals surface area (Å²) in [6, 6.07) is 21.1. The minimum Gasteiger partial charge on any atom is -0.465 e. The van der Waals surface area contributed by atoms with Gasteiger partial charge in [-0.25, -0.2) is 4.79 Å². The van der Waals surface area contributed by atoms with Gasteiger partial charge in [-0.05, 0) is 105 Å². The van der Waals surface area contributed by atoms with E-state index in [0.717, 1.165) is 45.3 Å². The zero-order valence-corrected chi connectivity index (χ0v) is 25.5. The average molecular weight is 582 g/mol. The first kappa shape index (κ1) is 29.0. The monoisotopic (exact) mass is 581 g/mol. The summed E-state index contributed by atoms with van der Waals surface area (Å²) < 4.78 is 7.05. The maximum absolute atomic E-state index is 12.4. The summed E-state index contributed by atoms with van der Waals surface area (Å²) >= 11 is 5.95. The Labute approximate surface area is 251 Å². The van der Waals surface area contributed by atoms with Crippen LogP contribution in [0.2, 0.25) is 0 Å². The van der Waals surface area contributed by atoms with Gasteiger partial charge in [0.1, 0.15) is 0 Å². The van der Waals surface area contributed by atoms with Crippen LogP contribution >= 0.6 is 12.2 Å². The molecule has 1 aliphatic heterocycles. The van der Waals surface area contributed by atoms with Gasteiger partial charge in [0.25, 0.3) is 0 Å². The van der Waals surface area contributed by atoms with Crippen LogP contribution in [-0.2, 0) is 9.53 Å². The second kappa shape index (κ2) is 11.8. The van der Waals surface area contributed by atoms with Crippen molar-refractivity contribution in [1.82, 2.24) is 14.9 Å². The number of carbonyl (C=O) groups is 2. The lowest BCUT2D eigenvalue weighted by Crippen LogP contribution is -2.29. The molecule has 0 unspecified atom stereocenters. The quantitative estimate of drug-likeness (QED) is 0.194. The SMILES string of the molecule is COC(=O)c1ccc(-n2c(C)cc([C@H]3[C@@H](c4ccccn4)NC(=S)N3c3ccc(NC(=O)C(C)C)c(C)c3)c2C)cc1. The largest absolute Gasteiger partial charge is 0.465 e. The third-order valence-electron chi connectivity index (χ3n) is 7.70.